The number of thioether (sulfide) groups is 1. The second-order valence-corrected chi connectivity index (χ2v) is 8.53. The lowest BCUT2D eigenvalue weighted by atomic mass is 9.79. The maximum Gasteiger partial charge on any atom is 0.161 e. The number of hydrogen-bond acceptors (Lipinski definition) is 3. The largest absolute Gasteiger partial charge is 0.334 e. The summed E-state index contributed by atoms with van der Waals surface area (Å²) in [6.45, 7) is 2.33. The van der Waals surface area contributed by atoms with Crippen molar-refractivity contribution in [2.45, 2.75) is 38.1 Å². The number of benzene rings is 1. The molecule has 21 heavy (non-hydrogen) atoms. The monoisotopic (exact) mass is 406 g/mol. The Balaban J connectivity index is 1.76. The molecule has 0 bridgehead atoms. The van der Waals surface area contributed by atoms with Crippen molar-refractivity contribution in [1.82, 2.24) is 0 Å². The minimum absolute atomic E-state index is 0.144. The minimum atomic E-state index is 0.144. The maximum absolute atomic E-state index is 6.28. The van der Waals surface area contributed by atoms with Crippen LogP contribution in [0.15, 0.2) is 21.6 Å². The molecule has 6 heteroatoms. The number of rotatable bonds is 1. The summed E-state index contributed by atoms with van der Waals surface area (Å²) >= 11 is 17.6. The SMILES string of the molecule is CC1CCC2(CC1)CSC(Nc1ccc(Br)c(Cl)c1Cl)=N2. The Morgan fingerprint density at radius 1 is 1.29 bits per heavy atom. The average Bonchev–Trinajstić information content (AvgIpc) is 2.86. The topological polar surface area (TPSA) is 24.4 Å². The predicted molar refractivity (Wildman–Crippen MR) is 98.0 cm³/mol. The number of anilines is 1. The van der Waals surface area contributed by atoms with Gasteiger partial charge in [0.15, 0.2) is 5.17 Å². The second-order valence-electron chi connectivity index (χ2n) is 5.96. The van der Waals surface area contributed by atoms with Crippen molar-refractivity contribution in [1.29, 1.82) is 0 Å². The molecule has 1 saturated carbocycles. The number of amidine groups is 1. The predicted octanol–water partition coefficient (Wildman–Crippen LogP) is 6.22. The van der Waals surface area contributed by atoms with Crippen LogP contribution in [0.25, 0.3) is 0 Å². The van der Waals surface area contributed by atoms with Crippen molar-refractivity contribution in [2.75, 3.05) is 11.1 Å². The first-order chi connectivity index (χ1) is 9.99. The molecule has 0 radical (unpaired) electrons. The van der Waals surface area contributed by atoms with Crippen LogP contribution in [0.1, 0.15) is 32.6 Å². The van der Waals surface area contributed by atoms with E-state index in [0.717, 1.165) is 27.0 Å². The van der Waals surface area contributed by atoms with E-state index in [2.05, 4.69) is 28.2 Å². The molecule has 1 N–H and O–H groups in total. The standard InChI is InChI=1S/C15H17BrCl2N2S/c1-9-4-6-15(7-5-9)8-21-14(20-15)19-11-3-2-10(16)12(17)13(11)18/h2-3,9H,4-8H2,1H3,(H,19,20). The Bertz CT molecular complexity index is 583. The van der Waals surface area contributed by atoms with E-state index in [1.165, 1.54) is 25.7 Å². The van der Waals surface area contributed by atoms with E-state index in [9.17, 15) is 0 Å². The first kappa shape index (κ1) is 16.0. The molecule has 1 aromatic rings. The van der Waals surface area contributed by atoms with E-state index >= 15 is 0 Å². The van der Waals surface area contributed by atoms with Gasteiger partial charge in [-0.15, -0.1) is 0 Å². The van der Waals surface area contributed by atoms with Gasteiger partial charge in [0, 0.05) is 10.2 Å². The molecule has 3 rings (SSSR count). The van der Waals surface area contributed by atoms with Gasteiger partial charge < -0.3 is 5.32 Å². The molecule has 1 fully saturated rings. The minimum Gasteiger partial charge on any atom is -0.334 e. The lowest BCUT2D eigenvalue weighted by Gasteiger charge is -2.32. The molecule has 0 saturated heterocycles. The highest BCUT2D eigenvalue weighted by atomic mass is 79.9. The second kappa shape index (κ2) is 6.31. The van der Waals surface area contributed by atoms with Crippen molar-refractivity contribution < 1.29 is 0 Å². The molecule has 0 amide bonds. The summed E-state index contributed by atoms with van der Waals surface area (Å²) in [6, 6.07) is 3.82. The van der Waals surface area contributed by atoms with E-state index in [-0.39, 0.29) is 5.54 Å². The zero-order valence-corrected chi connectivity index (χ0v) is 15.7. The molecule has 114 valence electrons. The Kier molecular flexibility index (Phi) is 4.80. The van der Waals surface area contributed by atoms with Gasteiger partial charge in [-0.3, -0.25) is 4.99 Å². The van der Waals surface area contributed by atoms with Gasteiger partial charge in [0.25, 0.3) is 0 Å². The van der Waals surface area contributed by atoms with E-state index in [1.807, 2.05) is 12.1 Å². The van der Waals surface area contributed by atoms with Gasteiger partial charge in [-0.05, 0) is 59.7 Å². The van der Waals surface area contributed by atoms with Gasteiger partial charge in [0.2, 0.25) is 0 Å². The summed E-state index contributed by atoms with van der Waals surface area (Å²) in [5.41, 5.74) is 0.961. The Morgan fingerprint density at radius 3 is 2.71 bits per heavy atom. The Morgan fingerprint density at radius 2 is 2.00 bits per heavy atom. The van der Waals surface area contributed by atoms with Gasteiger partial charge in [-0.2, -0.15) is 0 Å². The zero-order valence-electron chi connectivity index (χ0n) is 11.8. The number of hydrogen-bond donors (Lipinski definition) is 1. The Hall–Kier alpha value is 0.1000. The lowest BCUT2D eigenvalue weighted by molar-refractivity contribution is 0.273. The third-order valence-electron chi connectivity index (χ3n) is 4.30. The van der Waals surface area contributed by atoms with Crippen molar-refractivity contribution in [3.8, 4) is 0 Å². The molecular weight excluding hydrogens is 391 g/mol. The van der Waals surface area contributed by atoms with Crippen molar-refractivity contribution in [2.24, 2.45) is 10.9 Å². The molecule has 2 aliphatic rings. The third kappa shape index (κ3) is 3.39. The zero-order chi connectivity index (χ0) is 15.0. The molecule has 1 aromatic carbocycles. The normalized spacial score (nSPS) is 28.8. The highest BCUT2D eigenvalue weighted by Gasteiger charge is 2.38. The molecule has 1 heterocycles. The molecule has 0 unspecified atom stereocenters. The van der Waals surface area contributed by atoms with Crippen LogP contribution in [0.3, 0.4) is 0 Å². The summed E-state index contributed by atoms with van der Waals surface area (Å²) in [5.74, 6) is 1.91. The van der Waals surface area contributed by atoms with E-state index < -0.39 is 0 Å². The number of nitrogens with one attached hydrogen (secondary N) is 1. The first-order valence-corrected chi connectivity index (χ1v) is 9.66. The van der Waals surface area contributed by atoms with Crippen LogP contribution in [-0.4, -0.2) is 16.5 Å². The first-order valence-electron chi connectivity index (χ1n) is 7.12. The van der Waals surface area contributed by atoms with Gasteiger partial charge in [0.05, 0.1) is 21.3 Å². The fraction of sp³-hybridized carbons (Fsp3) is 0.533. The fourth-order valence-electron chi connectivity index (χ4n) is 2.84. The molecule has 2 nitrogen and oxygen atoms in total. The quantitative estimate of drug-likeness (QED) is 0.558. The summed E-state index contributed by atoms with van der Waals surface area (Å²) in [6.07, 6.45) is 4.95. The van der Waals surface area contributed by atoms with Crippen LogP contribution in [0, 0.1) is 5.92 Å². The number of halogens is 3. The molecule has 1 spiro atoms. The van der Waals surface area contributed by atoms with Crippen molar-refractivity contribution >= 4 is 61.7 Å². The number of aliphatic imine (C=N–C) groups is 1. The molecule has 1 aliphatic carbocycles. The van der Waals surface area contributed by atoms with Crippen LogP contribution in [0.2, 0.25) is 10.0 Å². The molecular formula is C15H17BrCl2N2S. The van der Waals surface area contributed by atoms with Crippen molar-refractivity contribution in [3.63, 3.8) is 0 Å². The summed E-state index contributed by atoms with van der Waals surface area (Å²) < 4.78 is 0.804. The van der Waals surface area contributed by atoms with E-state index in [0.29, 0.717) is 10.0 Å². The smallest absolute Gasteiger partial charge is 0.161 e. The van der Waals surface area contributed by atoms with Crippen LogP contribution >= 0.6 is 50.9 Å². The highest BCUT2D eigenvalue weighted by molar-refractivity contribution is 9.10. The lowest BCUT2D eigenvalue weighted by Crippen LogP contribution is -2.32. The highest BCUT2D eigenvalue weighted by Crippen LogP contribution is 2.42. The maximum atomic E-state index is 6.28. The summed E-state index contributed by atoms with van der Waals surface area (Å²) in [7, 11) is 0. The fourth-order valence-corrected chi connectivity index (χ4v) is 4.86. The van der Waals surface area contributed by atoms with Gasteiger partial charge >= 0.3 is 0 Å². The Labute approximate surface area is 148 Å². The van der Waals surface area contributed by atoms with Crippen molar-refractivity contribution in [3.05, 3.63) is 26.7 Å². The number of nitrogens with zero attached hydrogens (tertiary/aromatic N) is 1. The van der Waals surface area contributed by atoms with Crippen LogP contribution < -0.4 is 5.32 Å². The van der Waals surface area contributed by atoms with Crippen LogP contribution in [0.4, 0.5) is 5.69 Å². The summed E-state index contributed by atoms with van der Waals surface area (Å²) in [4.78, 5) is 4.96. The van der Waals surface area contributed by atoms with Crippen LogP contribution in [0.5, 0.6) is 0 Å². The van der Waals surface area contributed by atoms with E-state index in [1.54, 1.807) is 11.8 Å². The van der Waals surface area contributed by atoms with Crippen LogP contribution in [-0.2, 0) is 0 Å². The summed E-state index contributed by atoms with van der Waals surface area (Å²) in [5, 5.41) is 5.37. The van der Waals surface area contributed by atoms with E-state index in [4.69, 9.17) is 28.2 Å². The third-order valence-corrected chi connectivity index (χ3v) is 7.22. The van der Waals surface area contributed by atoms with Gasteiger partial charge in [-0.25, -0.2) is 0 Å². The van der Waals surface area contributed by atoms with Gasteiger partial charge in [0.1, 0.15) is 0 Å². The average molecular weight is 408 g/mol. The molecule has 0 aromatic heterocycles. The van der Waals surface area contributed by atoms with Gasteiger partial charge in [-0.1, -0.05) is 41.9 Å². The molecule has 1 aliphatic heterocycles. The molecule has 0 atom stereocenters.